The third kappa shape index (κ3) is 3.08. The molecule has 19 heavy (non-hydrogen) atoms. The van der Waals surface area contributed by atoms with Crippen LogP contribution in [-0.4, -0.2) is 14.2 Å². The maximum Gasteiger partial charge on any atom is 0.161 e. The SMILES string of the molecule is CCCc1ccc(-c2ccc(OC)c(OC)c2)cc1. The van der Waals surface area contributed by atoms with Gasteiger partial charge in [0.2, 0.25) is 0 Å². The van der Waals surface area contributed by atoms with E-state index in [1.807, 2.05) is 12.1 Å². The first-order valence-corrected chi connectivity index (χ1v) is 6.59. The van der Waals surface area contributed by atoms with E-state index in [2.05, 4.69) is 37.3 Å². The van der Waals surface area contributed by atoms with Gasteiger partial charge in [0.05, 0.1) is 14.2 Å². The van der Waals surface area contributed by atoms with Crippen LogP contribution in [0, 0.1) is 0 Å². The van der Waals surface area contributed by atoms with Crippen LogP contribution in [0.25, 0.3) is 11.1 Å². The Morgan fingerprint density at radius 1 is 0.789 bits per heavy atom. The molecular weight excluding hydrogens is 236 g/mol. The molecule has 0 unspecified atom stereocenters. The Bertz CT molecular complexity index is 529. The van der Waals surface area contributed by atoms with E-state index in [1.54, 1.807) is 14.2 Å². The van der Waals surface area contributed by atoms with E-state index < -0.39 is 0 Å². The van der Waals surface area contributed by atoms with E-state index in [4.69, 9.17) is 9.47 Å². The average Bonchev–Trinajstić information content (AvgIpc) is 2.47. The number of aryl methyl sites for hydroxylation is 1. The summed E-state index contributed by atoms with van der Waals surface area (Å²) < 4.78 is 10.6. The van der Waals surface area contributed by atoms with Crippen molar-refractivity contribution in [1.29, 1.82) is 0 Å². The third-order valence-electron chi connectivity index (χ3n) is 3.21. The first-order valence-electron chi connectivity index (χ1n) is 6.59. The molecule has 100 valence electrons. The lowest BCUT2D eigenvalue weighted by Crippen LogP contribution is -1.91. The van der Waals surface area contributed by atoms with Crippen molar-refractivity contribution in [1.82, 2.24) is 0 Å². The van der Waals surface area contributed by atoms with E-state index in [-0.39, 0.29) is 0 Å². The number of hydrogen-bond donors (Lipinski definition) is 0. The monoisotopic (exact) mass is 256 g/mol. The highest BCUT2D eigenvalue weighted by atomic mass is 16.5. The van der Waals surface area contributed by atoms with Crippen molar-refractivity contribution in [2.45, 2.75) is 19.8 Å². The van der Waals surface area contributed by atoms with Crippen molar-refractivity contribution < 1.29 is 9.47 Å². The van der Waals surface area contributed by atoms with Crippen molar-refractivity contribution in [2.75, 3.05) is 14.2 Å². The quantitative estimate of drug-likeness (QED) is 0.793. The number of benzene rings is 2. The molecule has 0 aromatic heterocycles. The minimum absolute atomic E-state index is 0.758. The molecule has 0 amide bonds. The molecule has 2 heteroatoms. The molecule has 0 bridgehead atoms. The van der Waals surface area contributed by atoms with Crippen LogP contribution < -0.4 is 9.47 Å². The molecule has 0 aliphatic rings. The second-order valence-corrected chi connectivity index (χ2v) is 4.52. The minimum atomic E-state index is 0.758. The molecule has 0 spiro atoms. The zero-order valence-electron chi connectivity index (χ0n) is 11.8. The van der Waals surface area contributed by atoms with Crippen LogP contribution in [0.4, 0.5) is 0 Å². The minimum Gasteiger partial charge on any atom is -0.493 e. The Kier molecular flexibility index (Phi) is 4.45. The highest BCUT2D eigenvalue weighted by molar-refractivity contribution is 5.67. The normalized spacial score (nSPS) is 10.3. The largest absolute Gasteiger partial charge is 0.493 e. The highest BCUT2D eigenvalue weighted by Gasteiger charge is 2.06. The molecule has 2 rings (SSSR count). The summed E-state index contributed by atoms with van der Waals surface area (Å²) in [6, 6.07) is 14.7. The van der Waals surface area contributed by atoms with E-state index in [9.17, 15) is 0 Å². The van der Waals surface area contributed by atoms with Crippen LogP contribution in [0.15, 0.2) is 42.5 Å². The number of rotatable bonds is 5. The fourth-order valence-corrected chi connectivity index (χ4v) is 2.17. The van der Waals surface area contributed by atoms with Gasteiger partial charge >= 0.3 is 0 Å². The standard InChI is InChI=1S/C17H20O2/c1-4-5-13-6-8-14(9-7-13)15-10-11-16(18-2)17(12-15)19-3/h6-12H,4-5H2,1-3H3. The fourth-order valence-electron chi connectivity index (χ4n) is 2.17. The molecule has 0 radical (unpaired) electrons. The summed E-state index contributed by atoms with van der Waals surface area (Å²) in [4.78, 5) is 0. The summed E-state index contributed by atoms with van der Waals surface area (Å²) in [6.07, 6.45) is 2.31. The van der Waals surface area contributed by atoms with Gasteiger partial charge < -0.3 is 9.47 Å². The summed E-state index contributed by atoms with van der Waals surface area (Å²) in [7, 11) is 3.31. The number of hydrogen-bond acceptors (Lipinski definition) is 2. The van der Waals surface area contributed by atoms with Crippen molar-refractivity contribution in [3.63, 3.8) is 0 Å². The molecule has 0 heterocycles. The lowest BCUT2D eigenvalue weighted by molar-refractivity contribution is 0.355. The van der Waals surface area contributed by atoms with Gasteiger partial charge in [0, 0.05) is 0 Å². The fraction of sp³-hybridized carbons (Fsp3) is 0.294. The molecular formula is C17H20O2. The Morgan fingerprint density at radius 2 is 1.42 bits per heavy atom. The maximum absolute atomic E-state index is 5.34. The summed E-state index contributed by atoms with van der Waals surface area (Å²) >= 11 is 0. The van der Waals surface area contributed by atoms with Crippen LogP contribution in [0.2, 0.25) is 0 Å². The highest BCUT2D eigenvalue weighted by Crippen LogP contribution is 2.32. The molecule has 0 N–H and O–H groups in total. The summed E-state index contributed by atoms with van der Waals surface area (Å²) in [5.74, 6) is 1.52. The molecule has 2 aromatic carbocycles. The Hall–Kier alpha value is -1.96. The second kappa shape index (κ2) is 6.28. The van der Waals surface area contributed by atoms with Crippen LogP contribution in [-0.2, 0) is 6.42 Å². The van der Waals surface area contributed by atoms with Gasteiger partial charge in [-0.1, -0.05) is 43.7 Å². The predicted molar refractivity (Wildman–Crippen MR) is 79.0 cm³/mol. The van der Waals surface area contributed by atoms with Crippen LogP contribution in [0.1, 0.15) is 18.9 Å². The lowest BCUT2D eigenvalue weighted by atomic mass is 10.0. The Morgan fingerprint density at radius 3 is 2.00 bits per heavy atom. The topological polar surface area (TPSA) is 18.5 Å². The molecule has 0 atom stereocenters. The van der Waals surface area contributed by atoms with Crippen molar-refractivity contribution in [2.24, 2.45) is 0 Å². The van der Waals surface area contributed by atoms with E-state index in [0.29, 0.717) is 0 Å². The first kappa shape index (κ1) is 13.5. The van der Waals surface area contributed by atoms with Crippen LogP contribution in [0.5, 0.6) is 11.5 Å². The zero-order valence-corrected chi connectivity index (χ0v) is 11.8. The van der Waals surface area contributed by atoms with Crippen LogP contribution >= 0.6 is 0 Å². The van der Waals surface area contributed by atoms with E-state index >= 15 is 0 Å². The lowest BCUT2D eigenvalue weighted by Gasteiger charge is -2.10. The average molecular weight is 256 g/mol. The van der Waals surface area contributed by atoms with Gasteiger partial charge in [-0.3, -0.25) is 0 Å². The smallest absolute Gasteiger partial charge is 0.161 e. The van der Waals surface area contributed by atoms with E-state index in [0.717, 1.165) is 23.5 Å². The van der Waals surface area contributed by atoms with Crippen LogP contribution in [0.3, 0.4) is 0 Å². The summed E-state index contributed by atoms with van der Waals surface area (Å²) in [5, 5.41) is 0. The van der Waals surface area contributed by atoms with Gasteiger partial charge in [0.25, 0.3) is 0 Å². The van der Waals surface area contributed by atoms with Gasteiger partial charge in [-0.05, 0) is 35.2 Å². The predicted octanol–water partition coefficient (Wildman–Crippen LogP) is 4.32. The number of ether oxygens (including phenoxy) is 2. The van der Waals surface area contributed by atoms with E-state index in [1.165, 1.54) is 17.5 Å². The molecule has 0 aliphatic carbocycles. The molecule has 0 fully saturated rings. The molecule has 2 aromatic rings. The summed E-state index contributed by atoms with van der Waals surface area (Å²) in [5.41, 5.74) is 3.72. The third-order valence-corrected chi connectivity index (χ3v) is 3.21. The molecule has 0 saturated carbocycles. The number of methoxy groups -OCH3 is 2. The zero-order chi connectivity index (χ0) is 13.7. The van der Waals surface area contributed by atoms with Gasteiger partial charge in [-0.25, -0.2) is 0 Å². The van der Waals surface area contributed by atoms with Gasteiger partial charge in [0.15, 0.2) is 11.5 Å². The van der Waals surface area contributed by atoms with Crippen molar-refractivity contribution in [3.8, 4) is 22.6 Å². The maximum atomic E-state index is 5.34. The molecule has 0 aliphatic heterocycles. The van der Waals surface area contributed by atoms with Gasteiger partial charge in [0.1, 0.15) is 0 Å². The van der Waals surface area contributed by atoms with Crippen molar-refractivity contribution in [3.05, 3.63) is 48.0 Å². The second-order valence-electron chi connectivity index (χ2n) is 4.52. The van der Waals surface area contributed by atoms with Crippen molar-refractivity contribution >= 4 is 0 Å². The molecule has 2 nitrogen and oxygen atoms in total. The summed E-state index contributed by atoms with van der Waals surface area (Å²) in [6.45, 7) is 2.20. The Balaban J connectivity index is 2.30. The Labute approximate surface area is 115 Å². The molecule has 0 saturated heterocycles. The van der Waals surface area contributed by atoms with Gasteiger partial charge in [-0.15, -0.1) is 0 Å². The van der Waals surface area contributed by atoms with Gasteiger partial charge in [-0.2, -0.15) is 0 Å². The first-order chi connectivity index (χ1) is 9.28.